The van der Waals surface area contributed by atoms with Crippen LogP contribution in [0.3, 0.4) is 0 Å². The first-order valence-electron chi connectivity index (χ1n) is 11.3. The summed E-state index contributed by atoms with van der Waals surface area (Å²) < 4.78 is 104. The van der Waals surface area contributed by atoms with Crippen LogP contribution in [0.1, 0.15) is 15.9 Å². The number of para-hydroxylation sites is 2. The van der Waals surface area contributed by atoms with Gasteiger partial charge in [0.2, 0.25) is 0 Å². The van der Waals surface area contributed by atoms with Gasteiger partial charge >= 0.3 is 10.3 Å². The summed E-state index contributed by atoms with van der Waals surface area (Å²) in [7, 11) is -12.1. The van der Waals surface area contributed by atoms with Crippen LogP contribution in [-0.2, 0) is 39.7 Å². The second-order valence-electron chi connectivity index (χ2n) is 7.86. The minimum Gasteiger partial charge on any atom is -0.546 e. The van der Waals surface area contributed by atoms with Crippen molar-refractivity contribution in [2.45, 2.75) is 9.79 Å². The van der Waals surface area contributed by atoms with Gasteiger partial charge in [0, 0.05) is 34.0 Å². The zero-order valence-electron chi connectivity index (χ0n) is 20.7. The summed E-state index contributed by atoms with van der Waals surface area (Å²) in [5.41, 5.74) is -0.548. The lowest BCUT2D eigenvalue weighted by Gasteiger charge is -2.11. The summed E-state index contributed by atoms with van der Waals surface area (Å²) in [6.45, 7) is 0. The van der Waals surface area contributed by atoms with Crippen LogP contribution in [0.4, 0.5) is 8.78 Å². The Morgan fingerprint density at radius 1 is 0.810 bits per heavy atom. The molecule has 0 aliphatic carbocycles. The molecular weight excluding hydrogens is 639 g/mol. The summed E-state index contributed by atoms with van der Waals surface area (Å²) in [6, 6.07) is 20.5. The van der Waals surface area contributed by atoms with E-state index in [1.165, 1.54) is 24.3 Å². The van der Waals surface area contributed by atoms with Gasteiger partial charge in [0.15, 0.2) is 11.5 Å². The van der Waals surface area contributed by atoms with Crippen LogP contribution >= 0.6 is 11.9 Å². The molecule has 0 amide bonds. The lowest BCUT2D eigenvalue weighted by atomic mass is 10.0. The van der Waals surface area contributed by atoms with Crippen molar-refractivity contribution >= 4 is 48.9 Å². The summed E-state index contributed by atoms with van der Waals surface area (Å²) in [6.07, 6.45) is 0. The lowest BCUT2D eigenvalue weighted by Crippen LogP contribution is -2.08. The molecule has 1 unspecified atom stereocenters. The van der Waals surface area contributed by atoms with Gasteiger partial charge < -0.3 is 13.3 Å². The predicted molar refractivity (Wildman–Crippen MR) is 148 cm³/mol. The zero-order chi connectivity index (χ0) is 30.3. The van der Waals surface area contributed by atoms with Gasteiger partial charge in [-0.1, -0.05) is 36.4 Å². The molecule has 0 saturated heterocycles. The van der Waals surface area contributed by atoms with Crippen LogP contribution < -0.4 is 9.07 Å². The number of rotatable bonds is 11. The second-order valence-corrected chi connectivity index (χ2v) is 12.7. The number of carbonyl (C=O) groups is 1. The fourth-order valence-corrected chi connectivity index (χ4v) is 6.33. The van der Waals surface area contributed by atoms with E-state index < -0.39 is 53.5 Å². The van der Waals surface area contributed by atoms with E-state index >= 15 is 0 Å². The highest BCUT2D eigenvalue weighted by molar-refractivity contribution is 8.04. The molecule has 11 nitrogen and oxygen atoms in total. The Morgan fingerprint density at radius 2 is 1.38 bits per heavy atom. The minimum atomic E-state index is -4.91. The van der Waals surface area contributed by atoms with Gasteiger partial charge in [-0.05, 0) is 65.0 Å². The molecule has 0 aromatic heterocycles. The number of carbonyl (C=O) groups excluding carboxylic acids is 1. The van der Waals surface area contributed by atoms with Gasteiger partial charge in [0.1, 0.15) is 22.3 Å². The zero-order valence-corrected chi connectivity index (χ0v) is 24.0. The Bertz CT molecular complexity index is 1930. The van der Waals surface area contributed by atoms with E-state index in [4.69, 9.17) is 9.07 Å². The Hall–Kier alpha value is -3.87. The Morgan fingerprint density at radius 3 is 2.02 bits per heavy atom. The smallest absolute Gasteiger partial charge is 0.337 e. The average molecular weight is 656 g/mol. The molecule has 0 fully saturated rings. The quantitative estimate of drug-likeness (QED) is 0.0678. The molecule has 0 heterocycles. The topological polar surface area (TPSA) is 158 Å². The third kappa shape index (κ3) is 8.34. The van der Waals surface area contributed by atoms with Crippen LogP contribution in [0.25, 0.3) is 0 Å². The van der Waals surface area contributed by atoms with E-state index in [9.17, 15) is 35.0 Å². The van der Waals surface area contributed by atoms with Gasteiger partial charge in [-0.25, -0.2) is 21.0 Å². The molecule has 0 saturated carbocycles. The van der Waals surface area contributed by atoms with Crippen molar-refractivity contribution in [2.75, 3.05) is 0 Å². The molecule has 17 heteroatoms. The first kappa shape index (κ1) is 31.1. The molecule has 1 atom stereocenters. The van der Waals surface area contributed by atoms with Crippen molar-refractivity contribution in [1.29, 1.82) is 0 Å². The Labute approximate surface area is 245 Å². The Balaban J connectivity index is 1.55. The number of hydrogen-bond donors (Lipinski definition) is 1. The molecule has 0 aliphatic heterocycles. The predicted octanol–water partition coefficient (Wildman–Crippen LogP) is 5.90. The van der Waals surface area contributed by atoms with E-state index in [2.05, 4.69) is 11.9 Å². The van der Waals surface area contributed by atoms with E-state index in [-0.39, 0.29) is 39.5 Å². The molecule has 42 heavy (non-hydrogen) atoms. The summed E-state index contributed by atoms with van der Waals surface area (Å²) >= 11 is 0.182. The van der Waals surface area contributed by atoms with Gasteiger partial charge in [0.25, 0.3) is 10.0 Å². The van der Waals surface area contributed by atoms with Crippen LogP contribution in [0, 0.1) is 11.6 Å². The third-order valence-electron chi connectivity index (χ3n) is 4.93. The van der Waals surface area contributed by atoms with Crippen molar-refractivity contribution in [2.24, 2.45) is 7.54 Å². The SMILES string of the molecule is O=C(c1ccc(F)c(SN=S(=O)(O)OOc2ccccc2)c1)c1ccc(F)c(S(=O)(=O)/N=[S-](=O)\Oc2ccccc2)c1. The average Bonchev–Trinajstić information content (AvgIpc) is 2.96. The summed E-state index contributed by atoms with van der Waals surface area (Å²) in [5, 5.41) is 0. The number of ketones is 1. The molecule has 1 N–H and O–H groups in total. The number of nitrogens with zero attached hydrogens (tertiary/aromatic N) is 2. The molecule has 0 radical (unpaired) electrons. The molecule has 0 bridgehead atoms. The van der Waals surface area contributed by atoms with Gasteiger partial charge in [-0.3, -0.25) is 9.35 Å². The van der Waals surface area contributed by atoms with Crippen LogP contribution in [0.15, 0.2) is 114 Å². The molecule has 0 spiro atoms. The van der Waals surface area contributed by atoms with Crippen molar-refractivity contribution in [3.05, 3.63) is 120 Å². The fraction of sp³-hybridized carbons (Fsp3) is 0. The lowest BCUT2D eigenvalue weighted by molar-refractivity contribution is -0.0967. The number of hydrogen-bond acceptors (Lipinski definition) is 11. The summed E-state index contributed by atoms with van der Waals surface area (Å²) in [5.74, 6) is -2.92. The maximum absolute atomic E-state index is 14.5. The first-order valence-corrected chi connectivity index (χ1v) is 15.9. The van der Waals surface area contributed by atoms with Crippen molar-refractivity contribution < 1.29 is 48.4 Å². The van der Waals surface area contributed by atoms with Crippen molar-refractivity contribution in [1.82, 2.24) is 0 Å². The van der Waals surface area contributed by atoms with Gasteiger partial charge in [0.05, 0.1) is 4.90 Å². The number of benzene rings is 4. The van der Waals surface area contributed by atoms with Crippen LogP contribution in [0.2, 0.25) is 0 Å². The molecule has 4 aromatic rings. The van der Waals surface area contributed by atoms with Crippen molar-refractivity contribution in [3.8, 4) is 11.5 Å². The molecule has 220 valence electrons. The summed E-state index contributed by atoms with van der Waals surface area (Å²) in [4.78, 5) is 16.4. The first-order chi connectivity index (χ1) is 19.9. The van der Waals surface area contributed by atoms with Gasteiger partial charge in [-0.2, -0.15) is 4.21 Å². The van der Waals surface area contributed by atoms with Gasteiger partial charge in [-0.15, -0.1) is 3.77 Å². The molecular formula is C25H17F2N2O9S4-. The maximum Gasteiger partial charge on any atom is 0.337 e. The highest BCUT2D eigenvalue weighted by Crippen LogP contribution is 2.28. The standard InChI is InChI=1S/C25H17F2N2O9S4/c26-21-13-11-17(15-23(21)39-28-42(34,35)38-36-19-7-3-1-4-8-19)25(30)18-12-14-22(27)24(16-18)41(32,33)29-40(31)37-20-9-5-2-6-10-20/h1-16H,(H,28,34,35)/q-1. The van der Waals surface area contributed by atoms with E-state index in [0.717, 1.165) is 24.3 Å². The minimum absolute atomic E-state index is 0.0446. The molecule has 4 rings (SSSR count). The van der Waals surface area contributed by atoms with E-state index in [0.29, 0.717) is 12.1 Å². The van der Waals surface area contributed by atoms with Crippen molar-refractivity contribution in [3.63, 3.8) is 0 Å². The number of sulfonamides is 1. The van der Waals surface area contributed by atoms with Crippen LogP contribution in [-0.4, -0.2) is 23.0 Å². The largest absolute Gasteiger partial charge is 0.546 e. The highest BCUT2D eigenvalue weighted by Gasteiger charge is 2.21. The van der Waals surface area contributed by atoms with E-state index in [1.807, 2.05) is 0 Å². The molecule has 0 aliphatic rings. The Kier molecular flexibility index (Phi) is 9.92. The monoisotopic (exact) mass is 655 g/mol. The fourth-order valence-electron chi connectivity index (χ4n) is 3.08. The second kappa shape index (κ2) is 13.4. The molecule has 4 aromatic carbocycles. The maximum atomic E-state index is 14.5. The normalized spacial score (nSPS) is 13.6. The van der Waals surface area contributed by atoms with Crippen LogP contribution in [0.5, 0.6) is 11.5 Å². The number of halogens is 2. The highest BCUT2D eigenvalue weighted by atomic mass is 32.3. The van der Waals surface area contributed by atoms with E-state index in [1.54, 1.807) is 36.4 Å². The third-order valence-corrected chi connectivity index (χ3v) is 9.21.